The maximum atomic E-state index is 12.1. The summed E-state index contributed by atoms with van der Waals surface area (Å²) < 4.78 is 11.9. The van der Waals surface area contributed by atoms with E-state index in [-0.39, 0.29) is 11.7 Å². The van der Waals surface area contributed by atoms with E-state index in [4.69, 9.17) is 15.3 Å². The van der Waals surface area contributed by atoms with Crippen LogP contribution in [-0.4, -0.2) is 47.3 Å². The first-order chi connectivity index (χ1) is 14.1. The van der Waals surface area contributed by atoms with Crippen LogP contribution in [0.5, 0.6) is 11.5 Å². The van der Waals surface area contributed by atoms with Crippen molar-refractivity contribution in [3.8, 4) is 22.9 Å². The van der Waals surface area contributed by atoms with E-state index in [9.17, 15) is 4.79 Å². The zero-order chi connectivity index (χ0) is 20.6. The monoisotopic (exact) mass is 413 g/mol. The number of thioether (sulfide) groups is 1. The molecule has 2 aromatic carbocycles. The van der Waals surface area contributed by atoms with Gasteiger partial charge >= 0.3 is 0 Å². The van der Waals surface area contributed by atoms with Gasteiger partial charge in [0.1, 0.15) is 0 Å². The van der Waals surface area contributed by atoms with E-state index in [0.29, 0.717) is 29.0 Å². The van der Waals surface area contributed by atoms with Gasteiger partial charge in [0.15, 0.2) is 17.3 Å². The van der Waals surface area contributed by atoms with Crippen LogP contribution in [0.25, 0.3) is 11.4 Å². The second-order valence-electron chi connectivity index (χ2n) is 6.12. The summed E-state index contributed by atoms with van der Waals surface area (Å²) in [5, 5.41) is 11.6. The standard InChI is InChI=1S/C20H23N5O3S/c1-27-16-9-8-15(12-17(16)28-2)19-23-24-20(25(19)21)29-13-18(26)22-11-10-14-6-4-3-5-7-14/h3-9,12H,10-11,13,21H2,1-2H3,(H,22,26). The van der Waals surface area contributed by atoms with Gasteiger partial charge in [0.25, 0.3) is 0 Å². The maximum Gasteiger partial charge on any atom is 0.230 e. The number of hydrogen-bond acceptors (Lipinski definition) is 7. The van der Waals surface area contributed by atoms with E-state index >= 15 is 0 Å². The lowest BCUT2D eigenvalue weighted by Crippen LogP contribution is -2.27. The molecule has 0 saturated heterocycles. The first-order valence-corrected chi connectivity index (χ1v) is 9.97. The molecule has 3 rings (SSSR count). The molecule has 0 aliphatic rings. The number of carbonyl (C=O) groups excluding carboxylic acids is 1. The molecule has 0 aliphatic heterocycles. The zero-order valence-corrected chi connectivity index (χ0v) is 17.1. The molecule has 0 bridgehead atoms. The van der Waals surface area contributed by atoms with Crippen LogP contribution in [0.3, 0.4) is 0 Å². The number of aromatic nitrogens is 3. The molecule has 0 radical (unpaired) electrons. The highest BCUT2D eigenvalue weighted by atomic mass is 32.2. The minimum atomic E-state index is -0.0819. The van der Waals surface area contributed by atoms with E-state index in [2.05, 4.69) is 15.5 Å². The van der Waals surface area contributed by atoms with E-state index < -0.39 is 0 Å². The molecule has 0 unspecified atom stereocenters. The largest absolute Gasteiger partial charge is 0.493 e. The van der Waals surface area contributed by atoms with E-state index in [0.717, 1.165) is 12.0 Å². The molecule has 0 fully saturated rings. The molecule has 0 saturated carbocycles. The third kappa shape index (κ3) is 5.20. The molecular formula is C20H23N5O3S. The number of rotatable bonds is 9. The summed E-state index contributed by atoms with van der Waals surface area (Å²) in [6.07, 6.45) is 0.785. The number of amides is 1. The van der Waals surface area contributed by atoms with Crippen LogP contribution in [0, 0.1) is 0 Å². The van der Waals surface area contributed by atoms with Crippen LogP contribution in [-0.2, 0) is 11.2 Å². The topological polar surface area (TPSA) is 104 Å². The predicted molar refractivity (Wildman–Crippen MR) is 113 cm³/mol. The molecular weight excluding hydrogens is 390 g/mol. The second-order valence-corrected chi connectivity index (χ2v) is 7.06. The quantitative estimate of drug-likeness (QED) is 0.409. The van der Waals surface area contributed by atoms with Gasteiger partial charge in [0, 0.05) is 12.1 Å². The summed E-state index contributed by atoms with van der Waals surface area (Å²) in [4.78, 5) is 12.1. The molecule has 152 valence electrons. The molecule has 1 aromatic heterocycles. The van der Waals surface area contributed by atoms with Crippen LogP contribution in [0.1, 0.15) is 5.56 Å². The predicted octanol–water partition coefficient (Wildman–Crippen LogP) is 2.13. The normalized spacial score (nSPS) is 10.6. The summed E-state index contributed by atoms with van der Waals surface area (Å²) in [5.74, 6) is 7.90. The van der Waals surface area contributed by atoms with Gasteiger partial charge in [-0.15, -0.1) is 10.2 Å². The van der Waals surface area contributed by atoms with Gasteiger partial charge in [-0.25, -0.2) is 4.68 Å². The molecule has 8 nitrogen and oxygen atoms in total. The second kappa shape index (κ2) is 9.83. The molecule has 9 heteroatoms. The molecule has 0 spiro atoms. The third-order valence-electron chi connectivity index (χ3n) is 4.22. The summed E-state index contributed by atoms with van der Waals surface area (Å²) in [5.41, 5.74) is 1.92. The van der Waals surface area contributed by atoms with Gasteiger partial charge in [-0.05, 0) is 30.2 Å². The highest BCUT2D eigenvalue weighted by molar-refractivity contribution is 7.99. The highest BCUT2D eigenvalue weighted by Gasteiger charge is 2.15. The Balaban J connectivity index is 1.56. The average Bonchev–Trinajstić information content (AvgIpc) is 3.12. The van der Waals surface area contributed by atoms with Gasteiger partial charge in [-0.1, -0.05) is 42.1 Å². The minimum Gasteiger partial charge on any atom is -0.493 e. The van der Waals surface area contributed by atoms with Gasteiger partial charge in [0.05, 0.1) is 20.0 Å². The number of benzene rings is 2. The Hall–Kier alpha value is -3.20. The van der Waals surface area contributed by atoms with Gasteiger partial charge in [0.2, 0.25) is 11.1 Å². The van der Waals surface area contributed by atoms with Crippen molar-refractivity contribution in [2.24, 2.45) is 0 Å². The van der Waals surface area contributed by atoms with E-state index in [1.807, 2.05) is 36.4 Å². The van der Waals surface area contributed by atoms with Crippen LogP contribution in [0.2, 0.25) is 0 Å². The van der Waals surface area contributed by atoms with Crippen molar-refractivity contribution in [3.63, 3.8) is 0 Å². The van der Waals surface area contributed by atoms with Crippen molar-refractivity contribution in [3.05, 3.63) is 54.1 Å². The average molecular weight is 414 g/mol. The Morgan fingerprint density at radius 3 is 2.59 bits per heavy atom. The SMILES string of the molecule is COc1ccc(-c2nnc(SCC(=O)NCCc3ccccc3)n2N)cc1OC. The minimum absolute atomic E-state index is 0.0819. The van der Waals surface area contributed by atoms with Crippen molar-refractivity contribution in [1.29, 1.82) is 0 Å². The highest BCUT2D eigenvalue weighted by Crippen LogP contribution is 2.32. The summed E-state index contributed by atoms with van der Waals surface area (Å²) in [6, 6.07) is 15.4. The van der Waals surface area contributed by atoms with E-state index in [1.165, 1.54) is 22.0 Å². The number of ether oxygens (including phenoxy) is 2. The molecule has 0 aliphatic carbocycles. The molecule has 29 heavy (non-hydrogen) atoms. The molecule has 1 amide bonds. The fraction of sp³-hybridized carbons (Fsp3) is 0.250. The number of hydrogen-bond donors (Lipinski definition) is 2. The number of methoxy groups -OCH3 is 2. The summed E-state index contributed by atoms with van der Waals surface area (Å²) >= 11 is 1.23. The first-order valence-electron chi connectivity index (χ1n) is 8.98. The molecule has 3 aromatic rings. The van der Waals surface area contributed by atoms with Crippen molar-refractivity contribution in [2.75, 3.05) is 32.4 Å². The van der Waals surface area contributed by atoms with Crippen molar-refractivity contribution >= 4 is 17.7 Å². The third-order valence-corrected chi connectivity index (χ3v) is 5.16. The number of carbonyl (C=O) groups is 1. The van der Waals surface area contributed by atoms with Gasteiger partial charge in [-0.3, -0.25) is 4.79 Å². The molecule has 3 N–H and O–H groups in total. The number of nitrogens with two attached hydrogens (primary N) is 1. The number of nitrogen functional groups attached to an aromatic ring is 1. The maximum absolute atomic E-state index is 12.1. The fourth-order valence-corrected chi connectivity index (χ4v) is 3.41. The summed E-state index contributed by atoms with van der Waals surface area (Å²) in [7, 11) is 3.13. The molecule has 1 heterocycles. The Bertz CT molecular complexity index is 962. The van der Waals surface area contributed by atoms with Crippen molar-refractivity contribution < 1.29 is 14.3 Å². The lowest BCUT2D eigenvalue weighted by molar-refractivity contribution is -0.118. The Morgan fingerprint density at radius 2 is 1.86 bits per heavy atom. The van der Waals surface area contributed by atoms with Crippen molar-refractivity contribution in [1.82, 2.24) is 20.2 Å². The Labute approximate surface area is 173 Å². The summed E-state index contributed by atoms with van der Waals surface area (Å²) in [6.45, 7) is 0.579. The van der Waals surface area contributed by atoms with Gasteiger partial charge < -0.3 is 20.6 Å². The van der Waals surface area contributed by atoms with E-state index in [1.54, 1.807) is 26.4 Å². The first kappa shape index (κ1) is 20.5. The number of nitrogens with one attached hydrogen (secondary N) is 1. The van der Waals surface area contributed by atoms with Crippen LogP contribution >= 0.6 is 11.8 Å². The Morgan fingerprint density at radius 1 is 1.10 bits per heavy atom. The smallest absolute Gasteiger partial charge is 0.230 e. The van der Waals surface area contributed by atoms with Crippen LogP contribution in [0.4, 0.5) is 0 Å². The van der Waals surface area contributed by atoms with Crippen LogP contribution < -0.4 is 20.6 Å². The lowest BCUT2D eigenvalue weighted by Gasteiger charge is -2.09. The van der Waals surface area contributed by atoms with Gasteiger partial charge in [-0.2, -0.15) is 0 Å². The van der Waals surface area contributed by atoms with Crippen molar-refractivity contribution in [2.45, 2.75) is 11.6 Å². The Kier molecular flexibility index (Phi) is 6.96. The lowest BCUT2D eigenvalue weighted by atomic mass is 10.1. The molecule has 0 atom stereocenters. The van der Waals surface area contributed by atoms with Crippen LogP contribution in [0.15, 0.2) is 53.7 Å². The zero-order valence-electron chi connectivity index (χ0n) is 16.3. The number of nitrogens with zero attached hydrogens (tertiary/aromatic N) is 3. The fourth-order valence-electron chi connectivity index (χ4n) is 2.72.